The molecule has 2 aliphatic rings. The first-order valence-corrected chi connectivity index (χ1v) is 14.9. The van der Waals surface area contributed by atoms with Crippen molar-refractivity contribution >= 4 is 51.5 Å². The second-order valence-corrected chi connectivity index (χ2v) is 10.9. The summed E-state index contributed by atoms with van der Waals surface area (Å²) in [6.07, 6.45) is 1.31. The number of amides is 1. The van der Waals surface area contributed by atoms with Crippen LogP contribution in [0.25, 0.3) is 10.9 Å². The van der Waals surface area contributed by atoms with E-state index in [-0.39, 0.29) is 16.9 Å². The van der Waals surface area contributed by atoms with E-state index in [4.69, 9.17) is 12.2 Å². The molecule has 1 aromatic heterocycles. The van der Waals surface area contributed by atoms with Crippen LogP contribution in [0.15, 0.2) is 47.4 Å². The smallest absolute Gasteiger partial charge is 0.341 e. The van der Waals surface area contributed by atoms with Gasteiger partial charge in [0.15, 0.2) is 5.11 Å². The molecule has 5 rings (SSSR count). The number of thiocarbonyl (C=S) groups is 1. The first kappa shape index (κ1) is 30.4. The van der Waals surface area contributed by atoms with E-state index in [0.29, 0.717) is 55.7 Å². The van der Waals surface area contributed by atoms with Gasteiger partial charge >= 0.3 is 5.97 Å². The summed E-state index contributed by atoms with van der Waals surface area (Å²) in [5.41, 5.74) is 7.64. The number of hydrazine groups is 1. The molecular formula is C30H36FN7O4S. The van der Waals surface area contributed by atoms with E-state index in [1.165, 1.54) is 6.20 Å². The van der Waals surface area contributed by atoms with Gasteiger partial charge in [0.2, 0.25) is 5.43 Å². The summed E-state index contributed by atoms with van der Waals surface area (Å²) in [6.45, 7) is 10.4. The van der Waals surface area contributed by atoms with Crippen molar-refractivity contribution in [3.05, 3.63) is 69.8 Å². The van der Waals surface area contributed by atoms with Gasteiger partial charge in [-0.3, -0.25) is 24.8 Å². The topological polar surface area (TPSA) is 113 Å². The van der Waals surface area contributed by atoms with Crippen LogP contribution in [0.4, 0.5) is 15.8 Å². The van der Waals surface area contributed by atoms with Gasteiger partial charge in [-0.1, -0.05) is 18.2 Å². The molecule has 11 nitrogen and oxygen atoms in total. The number of pyridine rings is 1. The van der Waals surface area contributed by atoms with Gasteiger partial charge in [-0.25, -0.2) is 14.6 Å². The Balaban J connectivity index is 1.29. The standard InChI is InChI=1S/C30H36FN7O4S/c1-4-35(5-2)30(43)33-32-26-19-9-7-8-10-23(19)38(28(26)40)18-34-11-13-37(14-12-34)25-16-24-20(15-22(25)31)27(39)21(29(41)42)17-36(24)6-3/h7-10,15-17,26,32H,4-6,11-14,18H2,1-3H3,(H,33,43)(H,41,42). The lowest BCUT2D eigenvalue weighted by Gasteiger charge is -2.38. The van der Waals surface area contributed by atoms with Crippen LogP contribution in [0.1, 0.15) is 42.7 Å². The number of benzene rings is 2. The number of hydrogen-bond donors (Lipinski definition) is 3. The third-order valence-corrected chi connectivity index (χ3v) is 8.56. The number of halogens is 1. The Labute approximate surface area is 254 Å². The van der Waals surface area contributed by atoms with Gasteiger partial charge in [-0.15, -0.1) is 0 Å². The number of anilines is 2. The summed E-state index contributed by atoms with van der Waals surface area (Å²) < 4.78 is 17.0. The Hall–Kier alpha value is -4.07. The molecule has 0 aliphatic carbocycles. The van der Waals surface area contributed by atoms with E-state index in [0.717, 1.165) is 30.4 Å². The molecule has 3 N–H and O–H groups in total. The highest BCUT2D eigenvalue weighted by molar-refractivity contribution is 7.80. The third kappa shape index (κ3) is 5.79. The molecule has 3 heterocycles. The fourth-order valence-electron chi connectivity index (χ4n) is 5.78. The molecule has 228 valence electrons. The molecule has 1 unspecified atom stereocenters. The molecule has 1 saturated heterocycles. The van der Waals surface area contributed by atoms with Crippen LogP contribution in [0.3, 0.4) is 0 Å². The van der Waals surface area contributed by atoms with Crippen molar-refractivity contribution in [2.75, 3.05) is 55.7 Å². The van der Waals surface area contributed by atoms with Gasteiger partial charge in [0, 0.05) is 63.0 Å². The minimum atomic E-state index is -1.34. The number of aromatic nitrogens is 1. The minimum absolute atomic E-state index is 0.0448. The van der Waals surface area contributed by atoms with Gasteiger partial charge < -0.3 is 19.5 Å². The molecule has 2 aromatic carbocycles. The van der Waals surface area contributed by atoms with Crippen LogP contribution < -0.4 is 26.1 Å². The average Bonchev–Trinajstić information content (AvgIpc) is 3.27. The second kappa shape index (κ2) is 12.7. The van der Waals surface area contributed by atoms with Crippen molar-refractivity contribution in [2.24, 2.45) is 0 Å². The molecule has 0 bridgehead atoms. The second-order valence-electron chi connectivity index (χ2n) is 10.5. The zero-order chi connectivity index (χ0) is 30.8. The maximum atomic E-state index is 15.3. The lowest BCUT2D eigenvalue weighted by molar-refractivity contribution is -0.120. The van der Waals surface area contributed by atoms with Crippen molar-refractivity contribution in [1.29, 1.82) is 0 Å². The third-order valence-electron chi connectivity index (χ3n) is 8.20. The van der Waals surface area contributed by atoms with E-state index in [1.807, 2.05) is 54.8 Å². The highest BCUT2D eigenvalue weighted by atomic mass is 32.1. The van der Waals surface area contributed by atoms with E-state index >= 15 is 4.39 Å². The SMILES string of the molecule is CCN(CC)C(=S)NNC1C(=O)N(CN2CCN(c3cc4c(cc3F)c(=O)c(C(=O)O)cn4CC)CC2)c2ccccc21. The van der Waals surface area contributed by atoms with E-state index < -0.39 is 23.3 Å². The Morgan fingerprint density at radius 3 is 2.42 bits per heavy atom. The first-order valence-electron chi connectivity index (χ1n) is 14.5. The quantitative estimate of drug-likeness (QED) is 0.247. The number of para-hydroxylation sites is 1. The average molecular weight is 610 g/mol. The zero-order valence-electron chi connectivity index (χ0n) is 24.5. The number of nitrogens with one attached hydrogen (secondary N) is 2. The number of nitrogens with zero attached hydrogens (tertiary/aromatic N) is 5. The summed E-state index contributed by atoms with van der Waals surface area (Å²) in [4.78, 5) is 45.7. The van der Waals surface area contributed by atoms with Crippen molar-refractivity contribution in [3.8, 4) is 0 Å². The van der Waals surface area contributed by atoms with Gasteiger partial charge in [-0.05, 0) is 51.2 Å². The van der Waals surface area contributed by atoms with Crippen LogP contribution in [0.5, 0.6) is 0 Å². The van der Waals surface area contributed by atoms with Gasteiger partial charge in [0.05, 0.1) is 23.6 Å². The zero-order valence-corrected chi connectivity index (χ0v) is 25.3. The Morgan fingerprint density at radius 1 is 1.07 bits per heavy atom. The summed E-state index contributed by atoms with van der Waals surface area (Å²) >= 11 is 5.48. The lowest BCUT2D eigenvalue weighted by atomic mass is 10.1. The summed E-state index contributed by atoms with van der Waals surface area (Å²) in [7, 11) is 0. The number of fused-ring (bicyclic) bond motifs is 2. The van der Waals surface area contributed by atoms with E-state index in [1.54, 1.807) is 15.5 Å². The van der Waals surface area contributed by atoms with E-state index in [9.17, 15) is 19.5 Å². The number of aryl methyl sites for hydroxylation is 1. The summed E-state index contributed by atoms with van der Waals surface area (Å²) in [5.74, 6) is -2.00. The maximum absolute atomic E-state index is 15.3. The van der Waals surface area contributed by atoms with E-state index in [2.05, 4.69) is 15.8 Å². The number of piperazine rings is 1. The molecule has 0 spiro atoms. The predicted molar refractivity (Wildman–Crippen MR) is 168 cm³/mol. The maximum Gasteiger partial charge on any atom is 0.341 e. The molecular weight excluding hydrogens is 573 g/mol. The van der Waals surface area contributed by atoms with Crippen molar-refractivity contribution < 1.29 is 19.1 Å². The molecule has 2 aliphatic heterocycles. The van der Waals surface area contributed by atoms with Gasteiger partial charge in [0.25, 0.3) is 5.91 Å². The van der Waals surface area contributed by atoms with Crippen molar-refractivity contribution in [2.45, 2.75) is 33.4 Å². The summed E-state index contributed by atoms with van der Waals surface area (Å²) in [6, 6.07) is 9.86. The van der Waals surface area contributed by atoms with Gasteiger partial charge in [0.1, 0.15) is 17.4 Å². The summed E-state index contributed by atoms with van der Waals surface area (Å²) in [5, 5.41) is 9.99. The number of rotatable bonds is 9. The number of hydrogen-bond acceptors (Lipinski definition) is 7. The normalized spacial score (nSPS) is 16.9. The Morgan fingerprint density at radius 2 is 1.77 bits per heavy atom. The number of carboxylic acid groups (broad SMARTS) is 1. The molecule has 1 fully saturated rings. The Bertz CT molecular complexity index is 1620. The fraction of sp³-hybridized carbons (Fsp3) is 0.400. The highest BCUT2D eigenvalue weighted by Gasteiger charge is 2.38. The predicted octanol–water partition coefficient (Wildman–Crippen LogP) is 2.75. The largest absolute Gasteiger partial charge is 0.477 e. The first-order chi connectivity index (χ1) is 20.7. The van der Waals surface area contributed by atoms with Crippen LogP contribution in [0, 0.1) is 5.82 Å². The molecule has 0 saturated carbocycles. The molecule has 13 heteroatoms. The molecule has 43 heavy (non-hydrogen) atoms. The van der Waals surface area contributed by atoms with Crippen LogP contribution in [-0.2, 0) is 11.3 Å². The fourth-order valence-corrected chi connectivity index (χ4v) is 6.10. The number of carbonyl (C=O) groups excluding carboxylic acids is 1. The lowest BCUT2D eigenvalue weighted by Crippen LogP contribution is -2.53. The number of aromatic carboxylic acids is 1. The molecule has 1 amide bonds. The molecule has 1 atom stereocenters. The monoisotopic (exact) mass is 609 g/mol. The van der Waals surface area contributed by atoms with Crippen LogP contribution in [0.2, 0.25) is 0 Å². The minimum Gasteiger partial charge on any atom is -0.477 e. The Kier molecular flexibility index (Phi) is 8.95. The highest BCUT2D eigenvalue weighted by Crippen LogP contribution is 2.36. The van der Waals surface area contributed by atoms with Crippen LogP contribution in [-0.4, -0.2) is 82.4 Å². The molecule has 3 aromatic rings. The van der Waals surface area contributed by atoms with Gasteiger partial charge in [-0.2, -0.15) is 0 Å². The number of carboxylic acids is 1. The van der Waals surface area contributed by atoms with Crippen molar-refractivity contribution in [3.63, 3.8) is 0 Å². The van der Waals surface area contributed by atoms with Crippen LogP contribution >= 0.6 is 12.2 Å². The molecule has 0 radical (unpaired) electrons. The number of carbonyl (C=O) groups is 2. The van der Waals surface area contributed by atoms with Crippen molar-refractivity contribution in [1.82, 2.24) is 25.2 Å².